The molecule has 0 amide bonds. The van der Waals surface area contributed by atoms with E-state index in [0.717, 1.165) is 38.2 Å². The van der Waals surface area contributed by atoms with Gasteiger partial charge in [-0.1, -0.05) is 37.3 Å². The fraction of sp³-hybridized carbons (Fsp3) is 0.333. The predicted octanol–water partition coefficient (Wildman–Crippen LogP) is 2.22. The first kappa shape index (κ1) is 14.6. The number of pyridine rings is 1. The molecule has 0 aliphatic carbocycles. The number of hydrogen-bond acceptors (Lipinski definition) is 3. The Kier molecular flexibility index (Phi) is 4.68. The van der Waals surface area contributed by atoms with Gasteiger partial charge in [-0.25, -0.2) is 4.98 Å². The summed E-state index contributed by atoms with van der Waals surface area (Å²) in [7, 11) is 0. The molecule has 0 unspecified atom stereocenters. The number of H-pyrrole nitrogens is 1. The van der Waals surface area contributed by atoms with E-state index in [4.69, 9.17) is 0 Å². The van der Waals surface area contributed by atoms with Crippen LogP contribution in [0.15, 0.2) is 53.8 Å². The maximum absolute atomic E-state index is 4.61. The Morgan fingerprint density at radius 3 is 2.45 bits per heavy atom. The maximum atomic E-state index is 4.61. The largest absolute Gasteiger partial charge is 0.289 e. The lowest BCUT2D eigenvalue weighted by molar-refractivity contribution is -0.364. The number of anilines is 1. The molecule has 2 aromatic rings. The Hall–Kier alpha value is -2.36. The zero-order valence-electron chi connectivity index (χ0n) is 13.1. The summed E-state index contributed by atoms with van der Waals surface area (Å²) >= 11 is 0. The topological polar surface area (TPSA) is 33.0 Å². The van der Waals surface area contributed by atoms with Gasteiger partial charge in [0.1, 0.15) is 13.1 Å². The van der Waals surface area contributed by atoms with Crippen molar-refractivity contribution < 1.29 is 4.98 Å². The van der Waals surface area contributed by atoms with Crippen LogP contribution in [-0.2, 0) is 6.42 Å². The minimum atomic E-state index is 0.951. The number of rotatable bonds is 4. The van der Waals surface area contributed by atoms with Crippen LogP contribution in [0, 0.1) is 0 Å². The Balaban J connectivity index is 1.54. The predicted molar refractivity (Wildman–Crippen MR) is 90.2 cm³/mol. The number of nitrogens with one attached hydrogen (secondary N) is 1. The maximum Gasteiger partial charge on any atom is 0.274 e. The molecular weight excluding hydrogens is 272 g/mol. The van der Waals surface area contributed by atoms with Crippen molar-refractivity contribution in [3.8, 4) is 0 Å². The monoisotopic (exact) mass is 295 g/mol. The highest BCUT2D eigenvalue weighted by Gasteiger charge is 2.21. The third-order valence-corrected chi connectivity index (χ3v) is 4.05. The molecule has 4 nitrogen and oxygen atoms in total. The second-order valence-corrected chi connectivity index (χ2v) is 5.53. The molecule has 1 aromatic carbocycles. The van der Waals surface area contributed by atoms with E-state index in [1.807, 2.05) is 18.5 Å². The molecule has 114 valence electrons. The van der Waals surface area contributed by atoms with Gasteiger partial charge in [0.25, 0.3) is 5.82 Å². The molecule has 4 heteroatoms. The van der Waals surface area contributed by atoms with E-state index in [2.05, 4.69) is 63.3 Å². The average Bonchev–Trinajstić information content (AvgIpc) is 2.61. The summed E-state index contributed by atoms with van der Waals surface area (Å²) in [4.78, 5) is 5.65. The minimum Gasteiger partial charge on any atom is -0.289 e. The smallest absolute Gasteiger partial charge is 0.274 e. The highest BCUT2D eigenvalue weighted by Crippen LogP contribution is 2.10. The molecule has 3 rings (SSSR count). The molecular formula is C18H23N4+. The molecule has 0 bridgehead atoms. The Morgan fingerprint density at radius 2 is 1.82 bits per heavy atom. The molecule has 22 heavy (non-hydrogen) atoms. The quantitative estimate of drug-likeness (QED) is 0.810. The Morgan fingerprint density at radius 1 is 1.05 bits per heavy atom. The van der Waals surface area contributed by atoms with E-state index >= 15 is 0 Å². The van der Waals surface area contributed by atoms with Gasteiger partial charge in [-0.2, -0.15) is 5.10 Å². The Labute approximate surface area is 132 Å². The molecule has 1 N–H and O–H groups in total. The summed E-state index contributed by atoms with van der Waals surface area (Å²) in [5.74, 6) is 1.18. The van der Waals surface area contributed by atoms with Crippen molar-refractivity contribution in [3.63, 3.8) is 0 Å². The molecule has 1 aliphatic rings. The van der Waals surface area contributed by atoms with Crippen molar-refractivity contribution in [3.05, 3.63) is 59.8 Å². The number of hydrazone groups is 1. The lowest BCUT2D eigenvalue weighted by atomic mass is 10.1. The second-order valence-electron chi connectivity index (χ2n) is 5.53. The number of aromatic nitrogens is 1. The van der Waals surface area contributed by atoms with Gasteiger partial charge in [-0.15, -0.1) is 0 Å². The zero-order chi connectivity index (χ0) is 15.2. The number of aryl methyl sites for hydroxylation is 1. The van der Waals surface area contributed by atoms with Crippen molar-refractivity contribution in [1.29, 1.82) is 0 Å². The number of benzene rings is 1. The zero-order valence-corrected chi connectivity index (χ0v) is 13.1. The third-order valence-electron chi connectivity index (χ3n) is 4.05. The van der Waals surface area contributed by atoms with E-state index in [9.17, 15) is 0 Å². The van der Waals surface area contributed by atoms with Crippen molar-refractivity contribution in [2.75, 3.05) is 31.1 Å². The molecule has 1 aromatic heterocycles. The van der Waals surface area contributed by atoms with Crippen molar-refractivity contribution >= 4 is 12.0 Å². The van der Waals surface area contributed by atoms with Gasteiger partial charge in [-0.05, 0) is 23.6 Å². The molecule has 1 saturated heterocycles. The van der Waals surface area contributed by atoms with Gasteiger partial charge in [0.15, 0.2) is 0 Å². The first-order chi connectivity index (χ1) is 10.8. The van der Waals surface area contributed by atoms with E-state index in [1.54, 1.807) is 0 Å². The first-order valence-corrected chi connectivity index (χ1v) is 7.94. The van der Waals surface area contributed by atoms with Gasteiger partial charge >= 0.3 is 0 Å². The standard InChI is InChI=1S/C18H22N4/c1-2-16-6-8-17(9-7-16)15-20-22-13-11-21(12-14-22)18-5-3-4-10-19-18/h3-10,15H,2,11-14H2,1H3/p+1/b20-15-. The number of piperazine rings is 1. The molecule has 1 fully saturated rings. The lowest BCUT2D eigenvalue weighted by Gasteiger charge is -2.28. The van der Waals surface area contributed by atoms with Gasteiger partial charge < -0.3 is 0 Å². The molecule has 0 spiro atoms. The van der Waals surface area contributed by atoms with Crippen LogP contribution in [0.25, 0.3) is 0 Å². The summed E-state index contributed by atoms with van der Waals surface area (Å²) in [6, 6.07) is 14.8. The number of aromatic amines is 1. The first-order valence-electron chi connectivity index (χ1n) is 7.94. The molecule has 0 atom stereocenters. The van der Waals surface area contributed by atoms with Gasteiger partial charge in [0.2, 0.25) is 0 Å². The molecule has 0 radical (unpaired) electrons. The second kappa shape index (κ2) is 7.07. The summed E-state index contributed by atoms with van der Waals surface area (Å²) < 4.78 is 0. The molecule has 0 saturated carbocycles. The van der Waals surface area contributed by atoms with Crippen LogP contribution in [0.4, 0.5) is 5.82 Å². The summed E-state index contributed by atoms with van der Waals surface area (Å²) in [6.45, 7) is 6.06. The van der Waals surface area contributed by atoms with Crippen LogP contribution in [0.3, 0.4) is 0 Å². The van der Waals surface area contributed by atoms with E-state index in [1.165, 1.54) is 11.4 Å². The minimum absolute atomic E-state index is 0.951. The van der Waals surface area contributed by atoms with Crippen LogP contribution < -0.4 is 9.88 Å². The normalized spacial score (nSPS) is 15.5. The number of nitrogens with zero attached hydrogens (tertiary/aromatic N) is 3. The summed E-state index contributed by atoms with van der Waals surface area (Å²) in [5, 5.41) is 6.75. The summed E-state index contributed by atoms with van der Waals surface area (Å²) in [5.41, 5.74) is 2.53. The van der Waals surface area contributed by atoms with Crippen LogP contribution in [0.2, 0.25) is 0 Å². The summed E-state index contributed by atoms with van der Waals surface area (Å²) in [6.07, 6.45) is 5.01. The van der Waals surface area contributed by atoms with E-state index in [0.29, 0.717) is 0 Å². The van der Waals surface area contributed by atoms with Crippen LogP contribution in [0.5, 0.6) is 0 Å². The fourth-order valence-electron chi connectivity index (χ4n) is 2.62. The van der Waals surface area contributed by atoms with Crippen molar-refractivity contribution in [2.45, 2.75) is 13.3 Å². The van der Waals surface area contributed by atoms with E-state index < -0.39 is 0 Å². The SMILES string of the molecule is CCc1ccc(/C=N\N2CCN(c3cccc[nH+]3)CC2)cc1. The van der Waals surface area contributed by atoms with Crippen LogP contribution in [-0.4, -0.2) is 37.4 Å². The lowest BCUT2D eigenvalue weighted by Crippen LogP contribution is -2.45. The molecule has 1 aliphatic heterocycles. The average molecular weight is 295 g/mol. The Bertz CT molecular complexity index is 599. The van der Waals surface area contributed by atoms with Gasteiger partial charge in [-0.3, -0.25) is 9.91 Å². The van der Waals surface area contributed by atoms with Crippen LogP contribution in [0.1, 0.15) is 18.1 Å². The highest BCUT2D eigenvalue weighted by atomic mass is 15.5. The van der Waals surface area contributed by atoms with Crippen molar-refractivity contribution in [1.82, 2.24) is 5.01 Å². The van der Waals surface area contributed by atoms with Gasteiger partial charge in [0.05, 0.1) is 25.5 Å². The van der Waals surface area contributed by atoms with Crippen molar-refractivity contribution in [2.24, 2.45) is 5.10 Å². The molecule has 2 heterocycles. The van der Waals surface area contributed by atoms with E-state index in [-0.39, 0.29) is 0 Å². The highest BCUT2D eigenvalue weighted by molar-refractivity contribution is 5.79. The number of hydrogen-bond donors (Lipinski definition) is 0. The van der Waals surface area contributed by atoms with Crippen LogP contribution >= 0.6 is 0 Å². The third kappa shape index (κ3) is 3.64. The van der Waals surface area contributed by atoms with Gasteiger partial charge in [0, 0.05) is 6.07 Å². The fourth-order valence-corrected chi connectivity index (χ4v) is 2.62.